The second-order valence-corrected chi connectivity index (χ2v) is 12.8. The Hall–Kier alpha value is -6.16. The van der Waals surface area contributed by atoms with Crippen molar-refractivity contribution in [1.82, 2.24) is 0 Å². The van der Waals surface area contributed by atoms with Gasteiger partial charge < -0.3 is 40.9 Å². The molecule has 5 rings (SSSR count). The van der Waals surface area contributed by atoms with Gasteiger partial charge in [-0.15, -0.1) is 0 Å². The highest BCUT2D eigenvalue weighted by molar-refractivity contribution is 6.09. The zero-order valence-electron chi connectivity index (χ0n) is 27.6. The lowest BCUT2D eigenvalue weighted by Gasteiger charge is -2.37. The number of rotatable bonds is 9. The van der Waals surface area contributed by atoms with Crippen molar-refractivity contribution in [3.05, 3.63) is 118 Å². The molecule has 0 radical (unpaired) electrons. The highest BCUT2D eigenvalue weighted by Gasteiger charge is 2.43. The number of carbonyl (C=O) groups excluding carboxylic acids is 2. The Morgan fingerprint density at radius 3 is 2.02 bits per heavy atom. The van der Waals surface area contributed by atoms with Crippen molar-refractivity contribution in [2.24, 2.45) is 11.8 Å². The van der Waals surface area contributed by atoms with Gasteiger partial charge in [0.05, 0.1) is 16.7 Å². The number of ketones is 2. The van der Waals surface area contributed by atoms with Crippen LogP contribution in [0.4, 0.5) is 0 Å². The molecule has 50 heavy (non-hydrogen) atoms. The molecule has 3 atom stereocenters. The molecule has 0 bridgehead atoms. The maximum Gasteiger partial charge on any atom is 0.189 e. The molecule has 8 N–H and O–H groups in total. The van der Waals surface area contributed by atoms with Crippen LogP contribution in [0.15, 0.2) is 84.5 Å². The van der Waals surface area contributed by atoms with E-state index < -0.39 is 46.6 Å². The lowest BCUT2D eigenvalue weighted by Crippen LogP contribution is -2.32. The van der Waals surface area contributed by atoms with Crippen molar-refractivity contribution in [2.45, 2.75) is 39.0 Å². The summed E-state index contributed by atoms with van der Waals surface area (Å²) in [4.78, 5) is 28.1. The van der Waals surface area contributed by atoms with Gasteiger partial charge in [0.25, 0.3) is 0 Å². The standard InChI is InChI=1S/C40H38O10/c1-20(2)4-9-26-32(44)14-12-28(38(26)48)40(50)36-29(25-10-8-24(42)19-35(25)47)16-21(3)17-30(36)37-33(45)15-11-27(39(37)49)31(43)13-6-22-5-7-23(41)18-34(22)46/h4-15,17-20,29-30,36,41-42,44-49H,16H2,1-3H3/b9-4+,13-6+/t29-,30+,36-/m1/s1. The Balaban J connectivity index is 1.68. The maximum absolute atomic E-state index is 14.7. The molecule has 0 unspecified atom stereocenters. The fourth-order valence-corrected chi connectivity index (χ4v) is 6.44. The van der Waals surface area contributed by atoms with E-state index in [0.29, 0.717) is 5.56 Å². The van der Waals surface area contributed by atoms with Gasteiger partial charge in [0.2, 0.25) is 0 Å². The largest absolute Gasteiger partial charge is 0.508 e. The second-order valence-electron chi connectivity index (χ2n) is 12.8. The van der Waals surface area contributed by atoms with Crippen LogP contribution in [0.2, 0.25) is 0 Å². The molecule has 0 heterocycles. The maximum atomic E-state index is 14.7. The molecule has 0 saturated heterocycles. The number of carbonyl (C=O) groups is 2. The van der Waals surface area contributed by atoms with Crippen LogP contribution in [-0.2, 0) is 0 Å². The Kier molecular flexibility index (Phi) is 9.94. The molecule has 0 saturated carbocycles. The molecule has 4 aromatic rings. The normalized spacial score (nSPS) is 17.8. The molecule has 10 heteroatoms. The number of phenolic OH excluding ortho intramolecular Hbond substituents is 8. The van der Waals surface area contributed by atoms with Crippen LogP contribution in [0, 0.1) is 11.8 Å². The number of hydrogen-bond acceptors (Lipinski definition) is 10. The van der Waals surface area contributed by atoms with Crippen molar-refractivity contribution in [3.8, 4) is 46.0 Å². The molecule has 0 fully saturated rings. The van der Waals surface area contributed by atoms with Gasteiger partial charge in [0.15, 0.2) is 11.6 Å². The third-order valence-electron chi connectivity index (χ3n) is 8.87. The number of benzene rings is 4. The summed E-state index contributed by atoms with van der Waals surface area (Å²) in [6.07, 6.45) is 7.57. The average Bonchev–Trinajstić information content (AvgIpc) is 3.03. The Bertz CT molecular complexity index is 2070. The minimum atomic E-state index is -1.20. The van der Waals surface area contributed by atoms with Crippen molar-refractivity contribution in [3.63, 3.8) is 0 Å². The first-order valence-corrected chi connectivity index (χ1v) is 15.9. The third-order valence-corrected chi connectivity index (χ3v) is 8.87. The topological polar surface area (TPSA) is 196 Å². The van der Waals surface area contributed by atoms with E-state index in [9.17, 15) is 50.4 Å². The third kappa shape index (κ3) is 7.00. The van der Waals surface area contributed by atoms with Gasteiger partial charge in [-0.25, -0.2) is 0 Å². The summed E-state index contributed by atoms with van der Waals surface area (Å²) >= 11 is 0. The highest BCUT2D eigenvalue weighted by atomic mass is 16.3. The summed E-state index contributed by atoms with van der Waals surface area (Å²) in [6, 6.07) is 12.8. The number of phenols is 8. The number of allylic oxidation sites excluding steroid dienone is 4. The van der Waals surface area contributed by atoms with Crippen LogP contribution < -0.4 is 0 Å². The fraction of sp³-hybridized carbons (Fsp3) is 0.200. The molecular weight excluding hydrogens is 640 g/mol. The predicted octanol–water partition coefficient (Wildman–Crippen LogP) is 7.61. The van der Waals surface area contributed by atoms with Crippen LogP contribution >= 0.6 is 0 Å². The molecule has 0 aliphatic heterocycles. The van der Waals surface area contributed by atoms with E-state index in [1.807, 2.05) is 13.8 Å². The van der Waals surface area contributed by atoms with Gasteiger partial charge in [0, 0.05) is 41.0 Å². The fourth-order valence-electron chi connectivity index (χ4n) is 6.44. The summed E-state index contributed by atoms with van der Waals surface area (Å²) in [7, 11) is 0. The van der Waals surface area contributed by atoms with E-state index in [4.69, 9.17) is 0 Å². The van der Waals surface area contributed by atoms with Gasteiger partial charge in [-0.05, 0) is 79.4 Å². The van der Waals surface area contributed by atoms with Gasteiger partial charge in [-0.2, -0.15) is 0 Å². The van der Waals surface area contributed by atoms with E-state index >= 15 is 0 Å². The molecule has 0 aromatic heterocycles. The quantitative estimate of drug-likeness (QED) is 0.0495. The summed E-state index contributed by atoms with van der Waals surface area (Å²) in [5, 5.41) is 85.4. The van der Waals surface area contributed by atoms with E-state index in [1.54, 1.807) is 19.1 Å². The highest BCUT2D eigenvalue weighted by Crippen LogP contribution is 2.53. The monoisotopic (exact) mass is 678 g/mol. The van der Waals surface area contributed by atoms with Gasteiger partial charge in [-0.1, -0.05) is 43.7 Å². The van der Waals surface area contributed by atoms with E-state index in [0.717, 1.165) is 23.8 Å². The zero-order valence-corrected chi connectivity index (χ0v) is 27.6. The van der Waals surface area contributed by atoms with Crippen LogP contribution in [0.1, 0.15) is 82.0 Å². The number of hydrogen-bond donors (Lipinski definition) is 8. The van der Waals surface area contributed by atoms with E-state index in [2.05, 4.69) is 0 Å². The second kappa shape index (κ2) is 14.1. The van der Waals surface area contributed by atoms with Gasteiger partial charge >= 0.3 is 0 Å². The molecular formula is C40H38O10. The molecule has 10 nitrogen and oxygen atoms in total. The molecule has 258 valence electrons. The lowest BCUT2D eigenvalue weighted by molar-refractivity contribution is 0.0876. The van der Waals surface area contributed by atoms with Crippen molar-refractivity contribution < 1.29 is 50.4 Å². The summed E-state index contributed by atoms with van der Waals surface area (Å²) in [5.41, 5.74) is 0.755. The van der Waals surface area contributed by atoms with E-state index in [-0.39, 0.29) is 68.9 Å². The Morgan fingerprint density at radius 2 is 1.36 bits per heavy atom. The number of Topliss-reactive ketones (excluding diaryl/α,β-unsaturated/α-hetero) is 1. The van der Waals surface area contributed by atoms with Gasteiger partial charge in [-0.3, -0.25) is 9.59 Å². The number of aromatic hydroxyl groups is 8. The van der Waals surface area contributed by atoms with Crippen LogP contribution in [-0.4, -0.2) is 52.4 Å². The first kappa shape index (κ1) is 35.2. The lowest BCUT2D eigenvalue weighted by atomic mass is 9.65. The van der Waals surface area contributed by atoms with Crippen molar-refractivity contribution in [1.29, 1.82) is 0 Å². The first-order chi connectivity index (χ1) is 23.7. The van der Waals surface area contributed by atoms with Crippen molar-refractivity contribution >= 4 is 23.7 Å². The molecule has 1 aliphatic carbocycles. The Labute approximate surface area is 288 Å². The zero-order chi connectivity index (χ0) is 36.4. The summed E-state index contributed by atoms with van der Waals surface area (Å²) in [6.45, 7) is 5.59. The smallest absolute Gasteiger partial charge is 0.189 e. The predicted molar refractivity (Wildman–Crippen MR) is 188 cm³/mol. The minimum Gasteiger partial charge on any atom is -0.508 e. The molecule has 4 aromatic carbocycles. The van der Waals surface area contributed by atoms with Crippen molar-refractivity contribution in [2.75, 3.05) is 0 Å². The summed E-state index contributed by atoms with van der Waals surface area (Å²) < 4.78 is 0. The van der Waals surface area contributed by atoms with Crippen LogP contribution in [0.5, 0.6) is 46.0 Å². The van der Waals surface area contributed by atoms with Crippen LogP contribution in [0.25, 0.3) is 12.2 Å². The average molecular weight is 679 g/mol. The van der Waals surface area contributed by atoms with Gasteiger partial charge in [0.1, 0.15) is 46.0 Å². The van der Waals surface area contributed by atoms with E-state index in [1.165, 1.54) is 60.7 Å². The minimum absolute atomic E-state index is 0.0254. The molecule has 1 aliphatic rings. The van der Waals surface area contributed by atoms with Crippen LogP contribution in [0.3, 0.4) is 0 Å². The Morgan fingerprint density at radius 1 is 0.720 bits per heavy atom. The molecule has 0 spiro atoms. The first-order valence-electron chi connectivity index (χ1n) is 15.9. The summed E-state index contributed by atoms with van der Waals surface area (Å²) in [5.74, 6) is -7.08. The SMILES string of the molecule is CC1=C[C@H](c2c(O)ccc(C(=O)/C=C/c3ccc(O)cc3O)c2O)[C@H](C(=O)c2ccc(O)c(/C=C/C(C)C)c2O)[C@@H](c2ccc(O)cc2O)C1. The molecule has 0 amide bonds.